The zero-order valence-corrected chi connectivity index (χ0v) is 19.5. The average molecular weight is 495 g/mol. The highest BCUT2D eigenvalue weighted by atomic mass is 35.5. The first-order valence-electron chi connectivity index (χ1n) is 9.91. The molecule has 1 N–H and O–H groups in total. The van der Waals surface area contributed by atoms with Crippen molar-refractivity contribution >= 4 is 44.6 Å². The first kappa shape index (κ1) is 22.8. The summed E-state index contributed by atoms with van der Waals surface area (Å²) in [5.41, 5.74) is 0.965. The molecule has 0 unspecified atom stereocenters. The summed E-state index contributed by atoms with van der Waals surface area (Å²) < 4.78 is 40.9. The molecule has 1 amide bonds. The van der Waals surface area contributed by atoms with Gasteiger partial charge in [0.15, 0.2) is 0 Å². The smallest absolute Gasteiger partial charge is 0.286 e. The number of piperidine rings is 1. The quantitative estimate of drug-likeness (QED) is 0.565. The number of anilines is 1. The molecule has 1 atom stereocenters. The van der Waals surface area contributed by atoms with E-state index in [4.69, 9.17) is 11.6 Å². The van der Waals surface area contributed by atoms with Crippen LogP contribution in [0.15, 0.2) is 47.4 Å². The lowest BCUT2D eigenvalue weighted by Gasteiger charge is -2.31. The predicted molar refractivity (Wildman–Crippen MR) is 121 cm³/mol. The Morgan fingerprint density at radius 1 is 1.22 bits per heavy atom. The third-order valence-electron chi connectivity index (χ3n) is 5.31. The summed E-state index contributed by atoms with van der Waals surface area (Å²) in [6.45, 7) is 2.34. The van der Waals surface area contributed by atoms with E-state index in [1.54, 1.807) is 25.1 Å². The minimum atomic E-state index is -3.71. The SMILES string of the molecule is Cc1c(Cl)cccc1S(=O)(=O)N1CCC[C@@H](c2nnc(C(=O)Nc3ccc(F)cc3)s2)C1. The van der Waals surface area contributed by atoms with Crippen LogP contribution < -0.4 is 5.32 Å². The Morgan fingerprint density at radius 2 is 1.97 bits per heavy atom. The maximum Gasteiger partial charge on any atom is 0.286 e. The number of nitrogens with zero attached hydrogens (tertiary/aromatic N) is 3. The highest BCUT2D eigenvalue weighted by Crippen LogP contribution is 2.33. The van der Waals surface area contributed by atoms with E-state index in [0.717, 1.165) is 17.8 Å². The molecule has 3 aromatic rings. The molecule has 2 heterocycles. The highest BCUT2D eigenvalue weighted by Gasteiger charge is 2.33. The molecule has 0 aliphatic carbocycles. The van der Waals surface area contributed by atoms with Gasteiger partial charge >= 0.3 is 0 Å². The first-order valence-corrected chi connectivity index (χ1v) is 12.5. The van der Waals surface area contributed by atoms with Crippen LogP contribution in [-0.2, 0) is 10.0 Å². The van der Waals surface area contributed by atoms with Crippen LogP contribution >= 0.6 is 22.9 Å². The molecule has 0 bridgehead atoms. The zero-order valence-electron chi connectivity index (χ0n) is 17.1. The number of carbonyl (C=O) groups excluding carboxylic acids is 1. The Kier molecular flexibility index (Phi) is 6.57. The van der Waals surface area contributed by atoms with Gasteiger partial charge in [0.2, 0.25) is 15.0 Å². The van der Waals surface area contributed by atoms with Crippen LogP contribution in [0.2, 0.25) is 5.02 Å². The number of nitrogens with one attached hydrogen (secondary N) is 1. The number of aromatic nitrogens is 2. The molecule has 0 spiro atoms. The van der Waals surface area contributed by atoms with E-state index in [-0.39, 0.29) is 22.4 Å². The zero-order chi connectivity index (χ0) is 22.9. The molecule has 1 aliphatic rings. The monoisotopic (exact) mass is 494 g/mol. The Morgan fingerprint density at radius 3 is 2.72 bits per heavy atom. The van der Waals surface area contributed by atoms with Crippen LogP contribution in [-0.4, -0.2) is 41.9 Å². The second-order valence-electron chi connectivity index (χ2n) is 7.47. The van der Waals surface area contributed by atoms with Crippen LogP contribution in [0.5, 0.6) is 0 Å². The van der Waals surface area contributed by atoms with E-state index in [9.17, 15) is 17.6 Å². The van der Waals surface area contributed by atoms with Crippen molar-refractivity contribution < 1.29 is 17.6 Å². The van der Waals surface area contributed by atoms with Gasteiger partial charge in [-0.3, -0.25) is 4.79 Å². The largest absolute Gasteiger partial charge is 0.320 e. The van der Waals surface area contributed by atoms with Crippen LogP contribution in [0.25, 0.3) is 0 Å². The second-order valence-corrected chi connectivity index (χ2v) is 10.8. The molecular weight excluding hydrogens is 475 g/mol. The highest BCUT2D eigenvalue weighted by molar-refractivity contribution is 7.89. The molecular formula is C21H20ClFN4O3S2. The van der Waals surface area contributed by atoms with E-state index in [2.05, 4.69) is 15.5 Å². The number of sulfonamides is 1. The van der Waals surface area contributed by atoms with Crippen molar-refractivity contribution in [1.29, 1.82) is 0 Å². The number of halogens is 2. The van der Waals surface area contributed by atoms with Gasteiger partial charge < -0.3 is 5.32 Å². The molecule has 168 valence electrons. The van der Waals surface area contributed by atoms with E-state index < -0.39 is 21.7 Å². The summed E-state index contributed by atoms with van der Waals surface area (Å²) in [6.07, 6.45) is 1.41. The summed E-state index contributed by atoms with van der Waals surface area (Å²) in [6, 6.07) is 10.3. The minimum absolute atomic E-state index is 0.162. The third kappa shape index (κ3) is 4.68. The van der Waals surface area contributed by atoms with E-state index in [0.29, 0.717) is 34.2 Å². The van der Waals surface area contributed by atoms with Crippen molar-refractivity contribution in [3.05, 3.63) is 68.9 Å². The maximum atomic E-state index is 13.2. The summed E-state index contributed by atoms with van der Waals surface area (Å²) in [5, 5.41) is 11.9. The summed E-state index contributed by atoms with van der Waals surface area (Å²) in [4.78, 5) is 12.7. The number of rotatable bonds is 5. The van der Waals surface area contributed by atoms with Crippen molar-refractivity contribution in [2.75, 3.05) is 18.4 Å². The van der Waals surface area contributed by atoms with Gasteiger partial charge in [-0.25, -0.2) is 12.8 Å². The van der Waals surface area contributed by atoms with E-state index >= 15 is 0 Å². The minimum Gasteiger partial charge on any atom is -0.320 e. The summed E-state index contributed by atoms with van der Waals surface area (Å²) in [5.74, 6) is -1.01. The Hall–Kier alpha value is -2.40. The molecule has 1 aliphatic heterocycles. The lowest BCUT2D eigenvalue weighted by molar-refractivity contribution is 0.102. The molecule has 2 aromatic carbocycles. The number of carbonyl (C=O) groups is 1. The van der Waals surface area contributed by atoms with Crippen molar-refractivity contribution in [1.82, 2.24) is 14.5 Å². The molecule has 11 heteroatoms. The van der Waals surface area contributed by atoms with Gasteiger partial charge in [0, 0.05) is 29.7 Å². The van der Waals surface area contributed by atoms with E-state index in [1.165, 1.54) is 28.6 Å². The van der Waals surface area contributed by atoms with Crippen LogP contribution in [0.4, 0.5) is 10.1 Å². The van der Waals surface area contributed by atoms with Gasteiger partial charge in [0.05, 0.1) is 4.90 Å². The molecule has 4 rings (SSSR count). The normalized spacial score (nSPS) is 17.3. The first-order chi connectivity index (χ1) is 15.3. The molecule has 1 aromatic heterocycles. The predicted octanol–water partition coefficient (Wildman–Crippen LogP) is 4.46. The number of benzene rings is 2. The summed E-state index contributed by atoms with van der Waals surface area (Å²) >= 11 is 7.26. The Balaban J connectivity index is 1.49. The lowest BCUT2D eigenvalue weighted by Crippen LogP contribution is -2.39. The topological polar surface area (TPSA) is 92.3 Å². The summed E-state index contributed by atoms with van der Waals surface area (Å²) in [7, 11) is -3.71. The molecule has 1 saturated heterocycles. The van der Waals surface area contributed by atoms with Gasteiger partial charge in [-0.05, 0) is 61.7 Å². The van der Waals surface area contributed by atoms with Gasteiger partial charge in [0.25, 0.3) is 5.91 Å². The molecule has 0 radical (unpaired) electrons. The van der Waals surface area contributed by atoms with Crippen LogP contribution in [0, 0.1) is 12.7 Å². The van der Waals surface area contributed by atoms with Gasteiger partial charge in [-0.1, -0.05) is 29.0 Å². The molecule has 0 saturated carbocycles. The van der Waals surface area contributed by atoms with Crippen LogP contribution in [0.1, 0.15) is 39.1 Å². The van der Waals surface area contributed by atoms with Gasteiger partial charge in [0.1, 0.15) is 10.8 Å². The van der Waals surface area contributed by atoms with Gasteiger partial charge in [-0.15, -0.1) is 10.2 Å². The Bertz CT molecular complexity index is 1250. The molecule has 7 nitrogen and oxygen atoms in total. The van der Waals surface area contributed by atoms with Crippen molar-refractivity contribution in [3.8, 4) is 0 Å². The fraction of sp³-hybridized carbons (Fsp3) is 0.286. The van der Waals surface area contributed by atoms with E-state index in [1.807, 2.05) is 0 Å². The number of hydrogen-bond donors (Lipinski definition) is 1. The standard InChI is InChI=1S/C21H20ClFN4O3S2/c1-13-17(22)5-2-6-18(13)32(29,30)27-11-3-4-14(12-27)20-25-26-21(31-20)19(28)24-16-9-7-15(23)8-10-16/h2,5-10,14H,3-4,11-12H2,1H3,(H,24,28)/t14-/m1/s1. The fourth-order valence-corrected chi connectivity index (χ4v) is 6.44. The Labute approximate surface area is 194 Å². The molecule has 32 heavy (non-hydrogen) atoms. The van der Waals surface area contributed by atoms with Crippen molar-refractivity contribution in [3.63, 3.8) is 0 Å². The third-order valence-corrected chi connectivity index (χ3v) is 8.81. The maximum absolute atomic E-state index is 13.2. The fourth-order valence-electron chi connectivity index (χ4n) is 3.58. The van der Waals surface area contributed by atoms with Crippen molar-refractivity contribution in [2.45, 2.75) is 30.6 Å². The second kappa shape index (κ2) is 9.22. The van der Waals surface area contributed by atoms with Crippen molar-refractivity contribution in [2.24, 2.45) is 0 Å². The average Bonchev–Trinajstić information content (AvgIpc) is 3.28. The number of hydrogen-bond acceptors (Lipinski definition) is 6. The molecule has 1 fully saturated rings. The van der Waals surface area contributed by atoms with Crippen LogP contribution in [0.3, 0.4) is 0 Å². The van der Waals surface area contributed by atoms with Gasteiger partial charge in [-0.2, -0.15) is 4.31 Å². The lowest BCUT2D eigenvalue weighted by atomic mass is 10.0. The number of amides is 1.